The number of nitrogens with one attached hydrogen (secondary N) is 1. The number of aromatic nitrogens is 2. The van der Waals surface area contributed by atoms with Gasteiger partial charge < -0.3 is 10.1 Å². The number of para-hydroxylation sites is 1. The number of amides is 1. The Labute approximate surface area is 168 Å². The summed E-state index contributed by atoms with van der Waals surface area (Å²) in [6, 6.07) is 13.6. The second-order valence-electron chi connectivity index (χ2n) is 6.82. The van der Waals surface area contributed by atoms with Crippen molar-refractivity contribution in [2.24, 2.45) is 0 Å². The summed E-state index contributed by atoms with van der Waals surface area (Å²) < 4.78 is 7.97. The standard InChI is InChI=1S/C22H25N3O4/c1-4-15(3)25-21(27)18-8-6-7-9-19(18)24(22(25)28)14-20(26)23-16-10-12-17(13-11-16)29-5-2/h6-13,15H,4-5,14H2,1-3H3,(H,23,26)/t15-/m0/s1. The van der Waals surface area contributed by atoms with Crippen LogP contribution in [0.1, 0.15) is 33.2 Å². The lowest BCUT2D eigenvalue weighted by Gasteiger charge is -2.17. The number of hydrogen-bond donors (Lipinski definition) is 1. The molecule has 2 aromatic carbocycles. The van der Waals surface area contributed by atoms with Crippen LogP contribution in [0, 0.1) is 0 Å². The summed E-state index contributed by atoms with van der Waals surface area (Å²) in [5.41, 5.74) is 0.239. The number of fused-ring (bicyclic) bond motifs is 1. The molecule has 0 saturated carbocycles. The quantitative estimate of drug-likeness (QED) is 0.666. The van der Waals surface area contributed by atoms with Crippen molar-refractivity contribution in [3.8, 4) is 5.75 Å². The lowest BCUT2D eigenvalue weighted by atomic mass is 10.2. The van der Waals surface area contributed by atoms with Crippen molar-refractivity contribution in [2.45, 2.75) is 39.8 Å². The van der Waals surface area contributed by atoms with Gasteiger partial charge in [-0.15, -0.1) is 0 Å². The van der Waals surface area contributed by atoms with Crippen molar-refractivity contribution in [1.82, 2.24) is 9.13 Å². The van der Waals surface area contributed by atoms with E-state index < -0.39 is 5.69 Å². The van der Waals surface area contributed by atoms with Crippen LogP contribution in [0.2, 0.25) is 0 Å². The van der Waals surface area contributed by atoms with Crippen LogP contribution < -0.4 is 21.3 Å². The largest absolute Gasteiger partial charge is 0.494 e. The fourth-order valence-corrected chi connectivity index (χ4v) is 3.21. The number of anilines is 1. The normalized spacial score (nSPS) is 12.0. The molecule has 0 fully saturated rings. The smallest absolute Gasteiger partial charge is 0.332 e. The van der Waals surface area contributed by atoms with Gasteiger partial charge in [0.15, 0.2) is 0 Å². The molecule has 0 unspecified atom stereocenters. The molecule has 0 saturated heterocycles. The predicted molar refractivity (Wildman–Crippen MR) is 114 cm³/mol. The molecule has 1 N–H and O–H groups in total. The lowest BCUT2D eigenvalue weighted by molar-refractivity contribution is -0.116. The molecule has 7 nitrogen and oxygen atoms in total. The van der Waals surface area contributed by atoms with Gasteiger partial charge in [-0.1, -0.05) is 19.1 Å². The second-order valence-corrected chi connectivity index (χ2v) is 6.82. The highest BCUT2D eigenvalue weighted by Gasteiger charge is 2.18. The highest BCUT2D eigenvalue weighted by molar-refractivity contribution is 5.91. The molecule has 152 valence electrons. The molecule has 3 aromatic rings. The first-order chi connectivity index (χ1) is 14.0. The summed E-state index contributed by atoms with van der Waals surface area (Å²) in [6.45, 7) is 6.00. The Hall–Kier alpha value is -3.35. The molecule has 0 radical (unpaired) electrons. The predicted octanol–water partition coefficient (Wildman–Crippen LogP) is 3.17. The monoisotopic (exact) mass is 395 g/mol. The molecular weight excluding hydrogens is 370 g/mol. The van der Waals surface area contributed by atoms with E-state index in [2.05, 4.69) is 5.32 Å². The lowest BCUT2D eigenvalue weighted by Crippen LogP contribution is -2.43. The molecule has 1 aromatic heterocycles. The molecule has 1 amide bonds. The van der Waals surface area contributed by atoms with Crippen LogP contribution in [0.5, 0.6) is 5.75 Å². The molecule has 0 aliphatic heterocycles. The van der Waals surface area contributed by atoms with E-state index in [0.29, 0.717) is 35.4 Å². The van der Waals surface area contributed by atoms with Crippen LogP contribution in [0.4, 0.5) is 5.69 Å². The Bertz CT molecular complexity index is 1130. The fourth-order valence-electron chi connectivity index (χ4n) is 3.21. The number of carbonyl (C=O) groups is 1. The summed E-state index contributed by atoms with van der Waals surface area (Å²) in [7, 11) is 0. The van der Waals surface area contributed by atoms with Gasteiger partial charge in [-0.2, -0.15) is 0 Å². The zero-order valence-electron chi connectivity index (χ0n) is 16.8. The second kappa shape index (κ2) is 8.77. The molecule has 0 aliphatic carbocycles. The van der Waals surface area contributed by atoms with Crippen molar-refractivity contribution in [3.05, 3.63) is 69.4 Å². The van der Waals surface area contributed by atoms with Crippen LogP contribution in [0.15, 0.2) is 58.1 Å². The Morgan fingerprint density at radius 1 is 1.07 bits per heavy atom. The molecule has 0 bridgehead atoms. The number of benzene rings is 2. The topological polar surface area (TPSA) is 82.3 Å². The Morgan fingerprint density at radius 3 is 2.41 bits per heavy atom. The fraction of sp³-hybridized carbons (Fsp3) is 0.318. The number of hydrogen-bond acceptors (Lipinski definition) is 4. The minimum Gasteiger partial charge on any atom is -0.494 e. The van der Waals surface area contributed by atoms with Crippen molar-refractivity contribution in [2.75, 3.05) is 11.9 Å². The zero-order chi connectivity index (χ0) is 21.0. The van der Waals surface area contributed by atoms with Gasteiger partial charge >= 0.3 is 5.69 Å². The van der Waals surface area contributed by atoms with E-state index in [1.165, 1.54) is 9.13 Å². The third-order valence-electron chi connectivity index (χ3n) is 4.86. The van der Waals surface area contributed by atoms with E-state index in [-0.39, 0.29) is 24.1 Å². The summed E-state index contributed by atoms with van der Waals surface area (Å²) in [5, 5.41) is 3.21. The van der Waals surface area contributed by atoms with Crippen molar-refractivity contribution in [1.29, 1.82) is 0 Å². The Morgan fingerprint density at radius 2 is 1.76 bits per heavy atom. The molecule has 29 heavy (non-hydrogen) atoms. The van der Waals surface area contributed by atoms with Gasteiger partial charge in [-0.25, -0.2) is 4.79 Å². The van der Waals surface area contributed by atoms with E-state index in [4.69, 9.17) is 4.74 Å². The zero-order valence-corrected chi connectivity index (χ0v) is 16.8. The van der Waals surface area contributed by atoms with Gasteiger partial charge in [0.1, 0.15) is 12.3 Å². The minimum absolute atomic E-state index is 0.191. The van der Waals surface area contributed by atoms with E-state index in [1.54, 1.807) is 48.5 Å². The van der Waals surface area contributed by atoms with Crippen LogP contribution in [-0.4, -0.2) is 21.6 Å². The number of rotatable bonds is 7. The van der Waals surface area contributed by atoms with Gasteiger partial charge in [0.05, 0.1) is 17.5 Å². The van der Waals surface area contributed by atoms with Gasteiger partial charge in [0.25, 0.3) is 5.56 Å². The number of carbonyl (C=O) groups excluding carboxylic acids is 1. The summed E-state index contributed by atoms with van der Waals surface area (Å²) in [5.74, 6) is 0.365. The maximum Gasteiger partial charge on any atom is 0.332 e. The van der Waals surface area contributed by atoms with Crippen molar-refractivity contribution >= 4 is 22.5 Å². The van der Waals surface area contributed by atoms with Crippen molar-refractivity contribution in [3.63, 3.8) is 0 Å². The van der Waals surface area contributed by atoms with Gasteiger partial charge in [-0.3, -0.25) is 18.7 Å². The van der Waals surface area contributed by atoms with Gasteiger partial charge in [0.2, 0.25) is 5.91 Å². The maximum atomic E-state index is 13.0. The van der Waals surface area contributed by atoms with Crippen molar-refractivity contribution < 1.29 is 9.53 Å². The van der Waals surface area contributed by atoms with Gasteiger partial charge in [-0.05, 0) is 56.7 Å². The van der Waals surface area contributed by atoms with Crippen LogP contribution >= 0.6 is 0 Å². The average molecular weight is 395 g/mol. The minimum atomic E-state index is -0.482. The molecule has 1 heterocycles. The Kier molecular flexibility index (Phi) is 6.16. The number of nitrogens with zero attached hydrogens (tertiary/aromatic N) is 2. The molecule has 0 aliphatic rings. The summed E-state index contributed by atoms with van der Waals surface area (Å²) in [6.07, 6.45) is 0.631. The average Bonchev–Trinajstić information content (AvgIpc) is 2.72. The molecule has 1 atom stereocenters. The molecule has 3 rings (SSSR count). The highest BCUT2D eigenvalue weighted by atomic mass is 16.5. The molecule has 7 heteroatoms. The van der Waals surface area contributed by atoms with Gasteiger partial charge in [0, 0.05) is 11.7 Å². The first-order valence-electron chi connectivity index (χ1n) is 9.73. The van der Waals surface area contributed by atoms with Crippen LogP contribution in [0.3, 0.4) is 0 Å². The third-order valence-corrected chi connectivity index (χ3v) is 4.86. The van der Waals surface area contributed by atoms with E-state index in [1.807, 2.05) is 20.8 Å². The molecular formula is C22H25N3O4. The summed E-state index contributed by atoms with van der Waals surface area (Å²) >= 11 is 0. The number of ether oxygens (including phenoxy) is 1. The highest BCUT2D eigenvalue weighted by Crippen LogP contribution is 2.16. The van der Waals surface area contributed by atoms with E-state index in [0.717, 1.165) is 0 Å². The third kappa shape index (κ3) is 4.23. The van der Waals surface area contributed by atoms with Crippen LogP contribution in [0.25, 0.3) is 10.9 Å². The first-order valence-corrected chi connectivity index (χ1v) is 9.73. The van der Waals surface area contributed by atoms with E-state index >= 15 is 0 Å². The van der Waals surface area contributed by atoms with Crippen LogP contribution in [-0.2, 0) is 11.3 Å². The SMILES string of the molecule is CCOc1ccc(NC(=O)Cn2c(=O)n([C@@H](C)CC)c(=O)c3ccccc32)cc1. The summed E-state index contributed by atoms with van der Waals surface area (Å²) in [4.78, 5) is 38.5. The first kappa shape index (κ1) is 20.4. The Balaban J connectivity index is 1.95. The molecule has 0 spiro atoms. The maximum absolute atomic E-state index is 13.0. The van der Waals surface area contributed by atoms with E-state index in [9.17, 15) is 14.4 Å².